The number of hydrogen-bond acceptors (Lipinski definition) is 6. The van der Waals surface area contributed by atoms with Crippen LogP contribution in [-0.2, 0) is 11.3 Å². The molecule has 4 rings (SSSR count). The second-order valence-electron chi connectivity index (χ2n) is 7.79. The normalized spacial score (nSPS) is 16.7. The number of rotatable bonds is 7. The zero-order valence-corrected chi connectivity index (χ0v) is 18.2. The summed E-state index contributed by atoms with van der Waals surface area (Å²) in [6.45, 7) is 6.44. The minimum Gasteiger partial charge on any atom is -0.497 e. The van der Waals surface area contributed by atoms with Crippen LogP contribution in [0.3, 0.4) is 0 Å². The number of carbonyl (C=O) groups excluding carboxylic acids is 1. The Hall–Kier alpha value is -3.20. The zero-order valence-electron chi connectivity index (χ0n) is 18.2. The summed E-state index contributed by atoms with van der Waals surface area (Å²) in [5, 5.41) is 11.8. The van der Waals surface area contributed by atoms with Crippen molar-refractivity contribution in [3.8, 4) is 17.0 Å². The molecular formula is C22H28N6O3. The van der Waals surface area contributed by atoms with Gasteiger partial charge in [-0.1, -0.05) is 6.92 Å². The largest absolute Gasteiger partial charge is 0.497 e. The standard InChI is InChI=1S/C22H28N6O3/c1-4-26-11-5-6-17(26)13-23-21(29)14-27-22(30)20-12-19(25-28(20)15(2)24-27)16-7-9-18(31-3)10-8-16/h7-10,12,17H,4-6,11,13-14H2,1-3H3,(H,23,29)/t17-/m0/s1. The number of fused-ring (bicyclic) bond motifs is 1. The molecule has 9 heteroatoms. The van der Waals surface area contributed by atoms with Crippen LogP contribution in [-0.4, -0.2) is 63.0 Å². The third kappa shape index (κ3) is 4.32. The van der Waals surface area contributed by atoms with Gasteiger partial charge in [0.05, 0.1) is 12.8 Å². The first-order valence-corrected chi connectivity index (χ1v) is 10.6. The Morgan fingerprint density at radius 2 is 2.03 bits per heavy atom. The number of hydrogen-bond donors (Lipinski definition) is 1. The van der Waals surface area contributed by atoms with E-state index in [2.05, 4.69) is 27.3 Å². The highest BCUT2D eigenvalue weighted by Crippen LogP contribution is 2.22. The summed E-state index contributed by atoms with van der Waals surface area (Å²) in [7, 11) is 1.61. The van der Waals surface area contributed by atoms with Gasteiger partial charge in [-0.25, -0.2) is 9.20 Å². The van der Waals surface area contributed by atoms with Gasteiger partial charge in [0.2, 0.25) is 5.91 Å². The monoisotopic (exact) mass is 424 g/mol. The summed E-state index contributed by atoms with van der Waals surface area (Å²) in [5.74, 6) is 1.07. The zero-order chi connectivity index (χ0) is 22.0. The lowest BCUT2D eigenvalue weighted by molar-refractivity contribution is -0.122. The lowest BCUT2D eigenvalue weighted by Gasteiger charge is -2.22. The van der Waals surface area contributed by atoms with E-state index in [9.17, 15) is 9.59 Å². The Morgan fingerprint density at radius 1 is 1.26 bits per heavy atom. The van der Waals surface area contributed by atoms with E-state index in [1.165, 1.54) is 9.20 Å². The summed E-state index contributed by atoms with van der Waals surface area (Å²) in [4.78, 5) is 27.8. The summed E-state index contributed by atoms with van der Waals surface area (Å²) in [5.41, 5.74) is 1.57. The first kappa shape index (κ1) is 21.0. The Labute approximate surface area is 180 Å². The van der Waals surface area contributed by atoms with Crippen molar-refractivity contribution in [2.24, 2.45) is 0 Å². The molecule has 3 heterocycles. The van der Waals surface area contributed by atoms with Gasteiger partial charge in [0.1, 0.15) is 23.6 Å². The molecule has 0 spiro atoms. The third-order valence-corrected chi connectivity index (χ3v) is 5.85. The average molecular weight is 425 g/mol. The van der Waals surface area contributed by atoms with Crippen LogP contribution in [0.5, 0.6) is 5.75 Å². The first-order valence-electron chi connectivity index (χ1n) is 10.6. The molecule has 164 valence electrons. The molecule has 1 fully saturated rings. The van der Waals surface area contributed by atoms with Gasteiger partial charge in [0.25, 0.3) is 5.56 Å². The molecule has 0 saturated carbocycles. The molecule has 0 radical (unpaired) electrons. The van der Waals surface area contributed by atoms with Crippen LogP contribution >= 0.6 is 0 Å². The highest BCUT2D eigenvalue weighted by Gasteiger charge is 2.23. The van der Waals surface area contributed by atoms with Gasteiger partial charge in [-0.2, -0.15) is 10.2 Å². The van der Waals surface area contributed by atoms with E-state index in [0.717, 1.165) is 37.2 Å². The number of amides is 1. The van der Waals surface area contributed by atoms with E-state index in [1.807, 2.05) is 24.3 Å². The van der Waals surface area contributed by atoms with Crippen LogP contribution in [0.2, 0.25) is 0 Å². The number of aromatic nitrogens is 4. The quantitative estimate of drug-likeness (QED) is 0.617. The minimum atomic E-state index is -0.343. The average Bonchev–Trinajstić information content (AvgIpc) is 3.43. The van der Waals surface area contributed by atoms with Gasteiger partial charge in [0, 0.05) is 18.2 Å². The number of methoxy groups -OCH3 is 1. The summed E-state index contributed by atoms with van der Waals surface area (Å²) in [6, 6.07) is 9.55. The fourth-order valence-electron chi connectivity index (χ4n) is 4.15. The number of likely N-dealkylation sites (tertiary alicyclic amines) is 1. The highest BCUT2D eigenvalue weighted by molar-refractivity contribution is 5.75. The smallest absolute Gasteiger partial charge is 0.293 e. The van der Waals surface area contributed by atoms with E-state index in [-0.39, 0.29) is 18.0 Å². The van der Waals surface area contributed by atoms with Crippen molar-refractivity contribution < 1.29 is 9.53 Å². The molecule has 1 N–H and O–H groups in total. The number of likely N-dealkylation sites (N-methyl/N-ethyl adjacent to an activating group) is 1. The number of nitrogens with one attached hydrogen (secondary N) is 1. The Kier molecular flexibility index (Phi) is 6.03. The maximum Gasteiger partial charge on any atom is 0.293 e. The van der Waals surface area contributed by atoms with Gasteiger partial charge in [-0.3, -0.25) is 14.5 Å². The molecule has 0 aliphatic carbocycles. The maximum absolute atomic E-state index is 13.0. The summed E-state index contributed by atoms with van der Waals surface area (Å²) in [6.07, 6.45) is 2.24. The van der Waals surface area contributed by atoms with Gasteiger partial charge >= 0.3 is 0 Å². The van der Waals surface area contributed by atoms with E-state index in [0.29, 0.717) is 29.6 Å². The fraction of sp³-hybridized carbons (Fsp3) is 0.455. The van der Waals surface area contributed by atoms with Crippen LogP contribution in [0.15, 0.2) is 35.1 Å². The first-order chi connectivity index (χ1) is 15.0. The molecule has 0 unspecified atom stereocenters. The fourth-order valence-corrected chi connectivity index (χ4v) is 4.15. The molecule has 1 saturated heterocycles. The van der Waals surface area contributed by atoms with Crippen LogP contribution in [0.4, 0.5) is 0 Å². The van der Waals surface area contributed by atoms with Gasteiger partial charge < -0.3 is 10.1 Å². The molecule has 9 nitrogen and oxygen atoms in total. The van der Waals surface area contributed by atoms with E-state index in [1.54, 1.807) is 20.1 Å². The van der Waals surface area contributed by atoms with Crippen LogP contribution in [0.25, 0.3) is 16.8 Å². The topological polar surface area (TPSA) is 93.8 Å². The Bertz CT molecular complexity index is 1130. The number of ether oxygens (including phenoxy) is 1. The van der Waals surface area contributed by atoms with Crippen molar-refractivity contribution in [2.45, 2.75) is 39.3 Å². The van der Waals surface area contributed by atoms with E-state index < -0.39 is 0 Å². The molecule has 1 aliphatic rings. The van der Waals surface area contributed by atoms with Crippen LogP contribution in [0, 0.1) is 6.92 Å². The lowest BCUT2D eigenvalue weighted by Crippen LogP contribution is -2.42. The van der Waals surface area contributed by atoms with E-state index in [4.69, 9.17) is 4.74 Å². The van der Waals surface area contributed by atoms with Crippen molar-refractivity contribution in [2.75, 3.05) is 26.7 Å². The highest BCUT2D eigenvalue weighted by atomic mass is 16.5. The number of nitrogens with zero attached hydrogens (tertiary/aromatic N) is 5. The van der Waals surface area contributed by atoms with Gasteiger partial charge in [-0.05, 0) is 63.2 Å². The summed E-state index contributed by atoms with van der Waals surface area (Å²) >= 11 is 0. The van der Waals surface area contributed by atoms with Crippen molar-refractivity contribution in [1.82, 2.24) is 29.6 Å². The summed E-state index contributed by atoms with van der Waals surface area (Å²) < 4.78 is 7.93. The molecule has 1 aliphatic heterocycles. The second-order valence-corrected chi connectivity index (χ2v) is 7.79. The maximum atomic E-state index is 13.0. The van der Waals surface area contributed by atoms with Crippen molar-refractivity contribution in [1.29, 1.82) is 0 Å². The Morgan fingerprint density at radius 3 is 2.74 bits per heavy atom. The molecule has 3 aromatic rings. The van der Waals surface area contributed by atoms with Gasteiger partial charge in [-0.15, -0.1) is 0 Å². The third-order valence-electron chi connectivity index (χ3n) is 5.85. The molecule has 2 aromatic heterocycles. The van der Waals surface area contributed by atoms with Crippen molar-refractivity contribution >= 4 is 11.4 Å². The predicted octanol–water partition coefficient (Wildman–Crippen LogP) is 1.48. The molecule has 1 aromatic carbocycles. The second kappa shape index (κ2) is 8.89. The SMILES string of the molecule is CCN1CCC[C@H]1CNC(=O)Cn1nc(C)n2nc(-c3ccc(OC)cc3)cc2c1=O. The Balaban J connectivity index is 1.52. The lowest BCUT2D eigenvalue weighted by atomic mass is 10.1. The molecule has 31 heavy (non-hydrogen) atoms. The molecule has 0 bridgehead atoms. The number of aryl methyl sites for hydroxylation is 1. The number of benzene rings is 1. The van der Waals surface area contributed by atoms with Crippen molar-refractivity contribution in [3.05, 3.63) is 46.5 Å². The van der Waals surface area contributed by atoms with Crippen LogP contribution < -0.4 is 15.6 Å². The molecular weight excluding hydrogens is 396 g/mol. The van der Waals surface area contributed by atoms with E-state index >= 15 is 0 Å². The predicted molar refractivity (Wildman–Crippen MR) is 117 cm³/mol. The van der Waals surface area contributed by atoms with Gasteiger partial charge in [0.15, 0.2) is 0 Å². The number of carbonyl (C=O) groups is 1. The van der Waals surface area contributed by atoms with Crippen LogP contribution in [0.1, 0.15) is 25.6 Å². The molecule has 1 atom stereocenters. The molecule has 1 amide bonds. The van der Waals surface area contributed by atoms with Crippen molar-refractivity contribution in [3.63, 3.8) is 0 Å². The minimum absolute atomic E-state index is 0.113.